The summed E-state index contributed by atoms with van der Waals surface area (Å²) in [5, 5.41) is 45.9. The molecule has 0 aliphatic heterocycles. The van der Waals surface area contributed by atoms with Gasteiger partial charge in [0.1, 0.15) is 61.5 Å². The molecule has 6 aromatic rings. The van der Waals surface area contributed by atoms with Gasteiger partial charge in [0.25, 0.3) is 0 Å². The first-order valence-electron chi connectivity index (χ1n) is 22.9. The third-order valence-corrected chi connectivity index (χ3v) is 12.3. The fourth-order valence-electron chi connectivity index (χ4n) is 7.80. The van der Waals surface area contributed by atoms with Crippen molar-refractivity contribution in [1.82, 2.24) is 20.6 Å². The van der Waals surface area contributed by atoms with Crippen molar-refractivity contribution in [3.8, 4) is 34.1 Å². The molecular formula is C54H58Cl2N6O10. The van der Waals surface area contributed by atoms with Crippen molar-refractivity contribution in [3.05, 3.63) is 163 Å². The molecule has 18 heteroatoms. The lowest BCUT2D eigenvalue weighted by Gasteiger charge is -2.20. The molecule has 0 radical (unpaired) electrons. The second-order valence-electron chi connectivity index (χ2n) is 17.0. The quantitative estimate of drug-likeness (QED) is 0.0297. The molecule has 378 valence electrons. The number of nitrogens with one attached hydrogen (secondary N) is 2. The van der Waals surface area contributed by atoms with E-state index >= 15 is 0 Å². The van der Waals surface area contributed by atoms with Crippen LogP contribution in [0.15, 0.2) is 108 Å². The van der Waals surface area contributed by atoms with E-state index in [-0.39, 0.29) is 49.6 Å². The minimum absolute atomic E-state index is 0.0284. The fourth-order valence-corrected chi connectivity index (χ4v) is 8.28. The number of ether oxygens (including phenoxy) is 4. The van der Waals surface area contributed by atoms with Gasteiger partial charge < -0.3 is 39.4 Å². The molecule has 0 saturated heterocycles. The highest BCUT2D eigenvalue weighted by Crippen LogP contribution is 2.37. The zero-order valence-corrected chi connectivity index (χ0v) is 42.2. The van der Waals surface area contributed by atoms with Gasteiger partial charge in [-0.05, 0) is 85.3 Å². The van der Waals surface area contributed by atoms with Crippen LogP contribution in [-0.2, 0) is 49.1 Å². The number of aliphatic carboxylic acids is 2. The Hall–Kier alpha value is -6.92. The summed E-state index contributed by atoms with van der Waals surface area (Å²) in [7, 11) is 3.34. The molecule has 6 rings (SSSR count). The van der Waals surface area contributed by atoms with Gasteiger partial charge in [0.15, 0.2) is 0 Å². The van der Waals surface area contributed by atoms with Gasteiger partial charge in [-0.3, -0.25) is 40.2 Å². The van der Waals surface area contributed by atoms with Crippen molar-refractivity contribution in [2.75, 3.05) is 14.1 Å². The van der Waals surface area contributed by atoms with E-state index in [1.165, 1.54) is 13.8 Å². The van der Waals surface area contributed by atoms with Crippen LogP contribution in [0.2, 0.25) is 10.0 Å². The van der Waals surface area contributed by atoms with Gasteiger partial charge in [-0.15, -0.1) is 0 Å². The second kappa shape index (κ2) is 26.0. The molecule has 4 atom stereocenters. The number of aliphatic hydroxyl groups excluding tert-OH is 2. The zero-order valence-electron chi connectivity index (χ0n) is 40.7. The zero-order chi connectivity index (χ0) is 51.9. The number of pyridine rings is 2. The molecule has 0 spiro atoms. The fraction of sp³-hybridized carbons (Fsp3) is 0.296. The number of hydrogen-bond donors (Lipinski definition) is 6. The van der Waals surface area contributed by atoms with Crippen molar-refractivity contribution in [3.63, 3.8) is 0 Å². The van der Waals surface area contributed by atoms with Crippen LogP contribution in [0.5, 0.6) is 23.0 Å². The van der Waals surface area contributed by atoms with Crippen LogP contribution in [0, 0.1) is 13.8 Å². The number of hydrogen-bond acceptors (Lipinski definition) is 14. The van der Waals surface area contributed by atoms with Gasteiger partial charge in [-0.25, -0.2) is 0 Å². The predicted octanol–water partition coefficient (Wildman–Crippen LogP) is 8.33. The third-order valence-electron chi connectivity index (χ3n) is 11.7. The van der Waals surface area contributed by atoms with E-state index < -0.39 is 36.2 Å². The molecule has 0 saturated carbocycles. The predicted molar refractivity (Wildman–Crippen MR) is 277 cm³/mol. The minimum Gasteiger partial charge on any atom is -0.488 e. The Morgan fingerprint density at radius 1 is 0.583 bits per heavy atom. The molecule has 72 heavy (non-hydrogen) atoms. The lowest BCUT2D eigenvalue weighted by molar-refractivity contribution is -0.143. The molecule has 6 N–H and O–H groups in total. The molecular weight excluding hydrogens is 964 g/mol. The van der Waals surface area contributed by atoms with Crippen molar-refractivity contribution in [1.29, 1.82) is 0 Å². The Morgan fingerprint density at radius 3 is 1.33 bits per heavy atom. The summed E-state index contributed by atoms with van der Waals surface area (Å²) in [5.74, 6) is -0.915. The summed E-state index contributed by atoms with van der Waals surface area (Å²) in [4.78, 5) is 40.4. The van der Waals surface area contributed by atoms with Crippen LogP contribution < -0.4 is 29.6 Å². The molecule has 0 amide bonds. The van der Waals surface area contributed by atoms with Crippen molar-refractivity contribution in [2.45, 2.75) is 91.5 Å². The summed E-state index contributed by atoms with van der Waals surface area (Å²) in [6.45, 7) is 7.48. The second-order valence-corrected chi connectivity index (χ2v) is 17.8. The number of nitrogens with zero attached hydrogens (tertiary/aromatic N) is 4. The van der Waals surface area contributed by atoms with Crippen molar-refractivity contribution >= 4 is 47.6 Å². The first-order valence-corrected chi connectivity index (χ1v) is 23.7. The smallest absolute Gasteiger partial charge is 0.323 e. The SMILES string of the molecule is C/N=C/c1cncc(COc2cc(OCc3cccc(-c4cccc(COc5cc(OCc6cncc(/C=N/C)c6)c(CN[C@@H](C(=O)O)[C@@H](C)O)cc5Cl)c4C)c3C)c(Cl)cc2CN[C@@H](C(=O)O)[C@@H](C)O)c1. The maximum Gasteiger partial charge on any atom is 0.323 e. The number of carbonyl (C=O) groups is 2. The number of aliphatic imine (C=N–C) groups is 2. The van der Waals surface area contributed by atoms with Gasteiger partial charge in [0.2, 0.25) is 0 Å². The van der Waals surface area contributed by atoms with E-state index in [9.17, 15) is 30.0 Å². The Morgan fingerprint density at radius 2 is 0.972 bits per heavy atom. The van der Waals surface area contributed by atoms with E-state index in [2.05, 4.69) is 30.6 Å². The Labute approximate surface area is 428 Å². The largest absolute Gasteiger partial charge is 0.488 e. The van der Waals surface area contributed by atoms with E-state index in [4.69, 9.17) is 42.1 Å². The van der Waals surface area contributed by atoms with Crippen molar-refractivity contribution < 1.29 is 49.0 Å². The highest BCUT2D eigenvalue weighted by atomic mass is 35.5. The first kappa shape index (κ1) is 54.4. The molecule has 16 nitrogen and oxygen atoms in total. The molecule has 0 unspecified atom stereocenters. The number of halogens is 2. The molecule has 0 aliphatic carbocycles. The number of carboxylic acid groups (broad SMARTS) is 2. The molecule has 0 fully saturated rings. The van der Waals surface area contributed by atoms with E-state index in [1.54, 1.807) is 75.6 Å². The highest BCUT2D eigenvalue weighted by molar-refractivity contribution is 6.32. The molecule has 2 aromatic heterocycles. The molecule has 0 aliphatic rings. The molecule has 2 heterocycles. The maximum atomic E-state index is 11.9. The standard InChI is InChI=1S/C54H58Cl2N6O10/c1-31-39(29-71-49-17-47(69-27-37-13-35(19-57-5)21-59-23-37)41(15-45(49)55)25-61-51(33(3)63)53(65)66)9-7-11-43(31)44-12-8-10-40(32(44)2)30-72-50-18-48(70-28-38-14-36(20-58-6)22-60-24-38)42(16-46(50)56)26-62-52(34(4)64)54(67)68/h7-24,33-34,51-52,61-64H,25-30H2,1-6H3,(H,65,66)(H,67,68)/b57-19+,58-20+/t33-,34-,51-,52-/m1/s1. The van der Waals surface area contributed by atoms with Crippen LogP contribution in [0.4, 0.5) is 0 Å². The van der Waals surface area contributed by atoms with Crippen LogP contribution in [0.3, 0.4) is 0 Å². The number of aromatic nitrogens is 2. The minimum atomic E-state index is -1.23. The van der Waals surface area contributed by atoms with Crippen LogP contribution in [-0.4, -0.2) is 93.1 Å². The van der Waals surface area contributed by atoms with Crippen molar-refractivity contribution in [2.24, 2.45) is 9.98 Å². The average Bonchev–Trinajstić information content (AvgIpc) is 3.33. The molecule has 4 aromatic carbocycles. The monoisotopic (exact) mass is 1020 g/mol. The number of benzene rings is 4. The van der Waals surface area contributed by atoms with E-state index in [0.29, 0.717) is 34.1 Å². The summed E-state index contributed by atoms with van der Waals surface area (Å²) >= 11 is 13.7. The lowest BCUT2D eigenvalue weighted by atomic mass is 9.92. The van der Waals surface area contributed by atoms with Crippen LogP contribution in [0.25, 0.3) is 11.1 Å². The van der Waals surface area contributed by atoms with Gasteiger partial charge in [0.05, 0.1) is 22.3 Å². The Balaban J connectivity index is 1.21. The van der Waals surface area contributed by atoms with Crippen LogP contribution >= 0.6 is 23.2 Å². The Bertz CT molecular complexity index is 2720. The maximum absolute atomic E-state index is 11.9. The van der Waals surface area contributed by atoms with Gasteiger partial charge in [-0.2, -0.15) is 0 Å². The van der Waals surface area contributed by atoms with Gasteiger partial charge in [0, 0.05) is 110 Å². The molecule has 0 bridgehead atoms. The summed E-state index contributed by atoms with van der Waals surface area (Å²) in [6, 6.07) is 20.0. The highest BCUT2D eigenvalue weighted by Gasteiger charge is 2.25. The summed E-state index contributed by atoms with van der Waals surface area (Å²) in [5.41, 5.74) is 9.98. The van der Waals surface area contributed by atoms with E-state index in [1.807, 2.05) is 62.4 Å². The topological polar surface area (TPSA) is 227 Å². The summed E-state index contributed by atoms with van der Waals surface area (Å²) < 4.78 is 25.3. The Kier molecular flexibility index (Phi) is 19.6. The number of aliphatic hydroxyl groups is 2. The van der Waals surface area contributed by atoms with Crippen LogP contribution in [0.1, 0.15) is 69.5 Å². The lowest BCUT2D eigenvalue weighted by Crippen LogP contribution is -2.44. The number of rotatable bonds is 25. The van der Waals surface area contributed by atoms with E-state index in [0.717, 1.165) is 55.6 Å². The first-order chi connectivity index (χ1) is 34.6. The summed E-state index contributed by atoms with van der Waals surface area (Å²) in [6.07, 6.45) is 7.78. The van der Waals surface area contributed by atoms with Gasteiger partial charge in [-0.1, -0.05) is 59.6 Å². The third kappa shape index (κ3) is 14.6. The normalized spacial score (nSPS) is 13.2. The average molecular weight is 1020 g/mol. The number of carboxylic acids is 2. The van der Waals surface area contributed by atoms with Gasteiger partial charge >= 0.3 is 11.9 Å².